The predicted octanol–water partition coefficient (Wildman–Crippen LogP) is 3.13. The Morgan fingerprint density at radius 1 is 1.33 bits per heavy atom. The highest BCUT2D eigenvalue weighted by Gasteiger charge is 2.46. The molecule has 1 saturated heterocycles. The molecule has 1 heterocycles. The van der Waals surface area contributed by atoms with Gasteiger partial charge < -0.3 is 16.0 Å². The van der Waals surface area contributed by atoms with Crippen LogP contribution in [0.25, 0.3) is 0 Å². The van der Waals surface area contributed by atoms with E-state index in [4.69, 9.17) is 5.73 Å². The molecule has 1 amide bonds. The van der Waals surface area contributed by atoms with E-state index in [9.17, 15) is 10.1 Å². The van der Waals surface area contributed by atoms with Crippen molar-refractivity contribution >= 4 is 5.91 Å². The van der Waals surface area contributed by atoms with Crippen molar-refractivity contribution in [1.29, 1.82) is 5.26 Å². The minimum atomic E-state index is -0.823. The topological polar surface area (TPSA) is 82.2 Å². The highest BCUT2D eigenvalue weighted by atomic mass is 16.2. The van der Waals surface area contributed by atoms with E-state index in [2.05, 4.69) is 11.4 Å². The van der Waals surface area contributed by atoms with Crippen LogP contribution in [0.4, 0.5) is 0 Å². The van der Waals surface area contributed by atoms with Crippen molar-refractivity contribution in [3.05, 3.63) is 35.9 Å². The molecule has 3 rings (SSSR count). The van der Waals surface area contributed by atoms with E-state index in [1.54, 1.807) is 4.90 Å². The van der Waals surface area contributed by atoms with Gasteiger partial charge in [0, 0.05) is 6.54 Å². The molecule has 0 bridgehead atoms. The highest BCUT2D eigenvalue weighted by molar-refractivity contribution is 5.83. The van der Waals surface area contributed by atoms with E-state index in [0.717, 1.165) is 18.5 Å². The lowest BCUT2D eigenvalue weighted by molar-refractivity contribution is -0.140. The summed E-state index contributed by atoms with van der Waals surface area (Å²) in [7, 11) is 0. The molecule has 0 aromatic heterocycles. The summed E-state index contributed by atoms with van der Waals surface area (Å²) < 4.78 is 0. The Morgan fingerprint density at radius 3 is 2.63 bits per heavy atom. The minimum Gasteiger partial charge on any atom is -0.320 e. The fraction of sp³-hybridized carbons (Fsp3) is 0.636. The Balaban J connectivity index is 1.84. The Hall–Kier alpha value is -1.90. The zero-order valence-corrected chi connectivity index (χ0v) is 16.4. The molecule has 3 unspecified atom stereocenters. The number of hydrogen-bond acceptors (Lipinski definition) is 4. The average Bonchev–Trinajstić information content (AvgIpc) is 3.19. The monoisotopic (exact) mass is 368 g/mol. The number of carbonyl (C=O) groups excluding carboxylic acids is 1. The van der Waals surface area contributed by atoms with Gasteiger partial charge in [-0.05, 0) is 37.8 Å². The van der Waals surface area contributed by atoms with Crippen molar-refractivity contribution in [2.75, 3.05) is 13.1 Å². The second kappa shape index (κ2) is 8.86. The summed E-state index contributed by atoms with van der Waals surface area (Å²) in [6, 6.07) is 11.7. The largest absolute Gasteiger partial charge is 0.320 e. The Kier molecular flexibility index (Phi) is 6.51. The van der Waals surface area contributed by atoms with Crippen LogP contribution in [0.2, 0.25) is 0 Å². The van der Waals surface area contributed by atoms with Gasteiger partial charge in [0.15, 0.2) is 0 Å². The fourth-order valence-electron chi connectivity index (χ4n) is 4.75. The van der Waals surface area contributed by atoms with Gasteiger partial charge in [-0.2, -0.15) is 5.26 Å². The maximum atomic E-state index is 13.5. The summed E-state index contributed by atoms with van der Waals surface area (Å²) in [5.74, 6) is 0.452. The van der Waals surface area contributed by atoms with Crippen LogP contribution in [0.3, 0.4) is 0 Å². The van der Waals surface area contributed by atoms with Crippen LogP contribution in [0.1, 0.15) is 63.5 Å². The Bertz CT molecular complexity index is 657. The molecule has 0 spiro atoms. The minimum absolute atomic E-state index is 0.0813. The van der Waals surface area contributed by atoms with Gasteiger partial charge in [0.05, 0.1) is 18.2 Å². The zero-order valence-electron chi connectivity index (χ0n) is 16.4. The molecular weight excluding hydrogens is 336 g/mol. The molecule has 5 nitrogen and oxygen atoms in total. The van der Waals surface area contributed by atoms with Crippen LogP contribution < -0.4 is 11.1 Å². The van der Waals surface area contributed by atoms with E-state index in [-0.39, 0.29) is 11.9 Å². The molecule has 1 saturated carbocycles. The third-order valence-corrected chi connectivity index (χ3v) is 6.34. The van der Waals surface area contributed by atoms with Crippen LogP contribution in [0.15, 0.2) is 30.3 Å². The fourth-order valence-corrected chi connectivity index (χ4v) is 4.75. The molecular formula is C22H32N4O. The average molecular weight is 369 g/mol. The predicted molar refractivity (Wildman–Crippen MR) is 107 cm³/mol. The lowest BCUT2D eigenvalue weighted by Crippen LogP contribution is -2.58. The van der Waals surface area contributed by atoms with Crippen LogP contribution >= 0.6 is 0 Å². The van der Waals surface area contributed by atoms with Crippen molar-refractivity contribution in [2.24, 2.45) is 11.7 Å². The molecule has 3 atom stereocenters. The maximum absolute atomic E-state index is 13.5. The molecule has 0 radical (unpaired) electrons. The summed E-state index contributed by atoms with van der Waals surface area (Å²) in [6.45, 7) is 3.26. The summed E-state index contributed by atoms with van der Waals surface area (Å²) in [4.78, 5) is 15.3. The highest BCUT2D eigenvalue weighted by Crippen LogP contribution is 2.34. The smallest absolute Gasteiger partial charge is 0.241 e. The van der Waals surface area contributed by atoms with E-state index < -0.39 is 11.6 Å². The first-order valence-electron chi connectivity index (χ1n) is 10.3. The molecule has 1 aliphatic heterocycles. The number of nitrogens with two attached hydrogens (primary N) is 1. The summed E-state index contributed by atoms with van der Waals surface area (Å²) in [5, 5.41) is 13.3. The molecule has 1 aromatic rings. The summed E-state index contributed by atoms with van der Waals surface area (Å²) in [6.07, 6.45) is 7.47. The number of benzene rings is 1. The molecule has 3 N–H and O–H groups in total. The van der Waals surface area contributed by atoms with Gasteiger partial charge in [-0.15, -0.1) is 0 Å². The van der Waals surface area contributed by atoms with E-state index in [0.29, 0.717) is 18.9 Å². The normalized spacial score (nSPS) is 25.5. The lowest BCUT2D eigenvalue weighted by Gasteiger charge is -2.42. The molecule has 146 valence electrons. The lowest BCUT2D eigenvalue weighted by atomic mass is 9.84. The standard InChI is InChI=1S/C22H32N4O/c1-17(19-10-6-3-7-11-19)26(22(15-23)12-13-25-16-22)21(27)20(24)14-18-8-4-2-5-9-18/h3,6-7,10-11,17-18,20,25H,2,4-5,8-9,12-14,16,24H2,1H3. The van der Waals surface area contributed by atoms with E-state index in [1.165, 1.54) is 32.1 Å². The zero-order chi connectivity index (χ0) is 19.3. The third kappa shape index (κ3) is 4.34. The number of rotatable bonds is 6. The second-order valence-corrected chi connectivity index (χ2v) is 8.21. The van der Waals surface area contributed by atoms with Crippen molar-refractivity contribution in [3.63, 3.8) is 0 Å². The van der Waals surface area contributed by atoms with Crippen LogP contribution in [-0.4, -0.2) is 35.5 Å². The molecule has 2 aliphatic rings. The van der Waals surface area contributed by atoms with Gasteiger partial charge in [-0.1, -0.05) is 62.4 Å². The van der Waals surface area contributed by atoms with Crippen molar-refractivity contribution < 1.29 is 4.79 Å². The number of nitrogens with zero attached hydrogens (tertiary/aromatic N) is 2. The van der Waals surface area contributed by atoms with Gasteiger partial charge in [0.25, 0.3) is 0 Å². The van der Waals surface area contributed by atoms with Crippen molar-refractivity contribution in [2.45, 2.75) is 69.5 Å². The van der Waals surface area contributed by atoms with E-state index in [1.807, 2.05) is 37.3 Å². The van der Waals surface area contributed by atoms with Gasteiger partial charge in [-0.3, -0.25) is 4.79 Å². The first kappa shape index (κ1) is 19.9. The summed E-state index contributed by atoms with van der Waals surface area (Å²) in [5.41, 5.74) is 6.64. The van der Waals surface area contributed by atoms with Crippen LogP contribution in [-0.2, 0) is 4.79 Å². The molecule has 1 aromatic carbocycles. The van der Waals surface area contributed by atoms with Gasteiger partial charge >= 0.3 is 0 Å². The van der Waals surface area contributed by atoms with Gasteiger partial charge in [-0.25, -0.2) is 0 Å². The van der Waals surface area contributed by atoms with Crippen LogP contribution in [0, 0.1) is 17.2 Å². The molecule has 2 fully saturated rings. The number of amides is 1. The molecule has 5 heteroatoms. The third-order valence-electron chi connectivity index (χ3n) is 6.34. The summed E-state index contributed by atoms with van der Waals surface area (Å²) >= 11 is 0. The quantitative estimate of drug-likeness (QED) is 0.808. The molecule has 1 aliphatic carbocycles. The number of nitrogens with one attached hydrogen (secondary N) is 1. The van der Waals surface area contributed by atoms with Gasteiger partial charge in [0.1, 0.15) is 5.54 Å². The molecule has 27 heavy (non-hydrogen) atoms. The van der Waals surface area contributed by atoms with Crippen molar-refractivity contribution in [1.82, 2.24) is 10.2 Å². The SMILES string of the molecule is CC(c1ccccc1)N(C(=O)C(N)CC1CCCCC1)C1(C#N)CCNC1. The number of carbonyl (C=O) groups is 1. The first-order valence-corrected chi connectivity index (χ1v) is 10.3. The second-order valence-electron chi connectivity index (χ2n) is 8.21. The Labute approximate surface area is 162 Å². The maximum Gasteiger partial charge on any atom is 0.241 e. The van der Waals surface area contributed by atoms with Crippen LogP contribution in [0.5, 0.6) is 0 Å². The van der Waals surface area contributed by atoms with Gasteiger partial charge in [0.2, 0.25) is 5.91 Å². The van der Waals surface area contributed by atoms with E-state index >= 15 is 0 Å². The van der Waals surface area contributed by atoms with Crippen molar-refractivity contribution in [3.8, 4) is 6.07 Å². The Morgan fingerprint density at radius 2 is 2.04 bits per heavy atom. The first-order chi connectivity index (χ1) is 13.1. The number of nitriles is 1. The number of hydrogen-bond donors (Lipinski definition) is 2.